The lowest BCUT2D eigenvalue weighted by molar-refractivity contribution is 0.134. The molecule has 0 aromatic carbocycles. The molecule has 24 heavy (non-hydrogen) atoms. The van der Waals surface area contributed by atoms with Crippen molar-refractivity contribution >= 4 is 11.8 Å². The van der Waals surface area contributed by atoms with E-state index in [-0.39, 0.29) is 6.03 Å². The topological polar surface area (TPSA) is 97.0 Å². The number of pyridine rings is 1. The van der Waals surface area contributed by atoms with Crippen molar-refractivity contribution in [2.24, 2.45) is 11.7 Å². The first-order chi connectivity index (χ1) is 11.7. The molecule has 7 heteroatoms. The molecule has 2 aromatic rings. The van der Waals surface area contributed by atoms with Crippen molar-refractivity contribution in [3.8, 4) is 11.4 Å². The smallest absolute Gasteiger partial charge is 0.314 e. The highest BCUT2D eigenvalue weighted by molar-refractivity contribution is 5.73. The van der Waals surface area contributed by atoms with Crippen LogP contribution in [-0.2, 0) is 12.8 Å². The Morgan fingerprint density at radius 1 is 1.25 bits per heavy atom. The van der Waals surface area contributed by atoms with E-state index in [0.717, 1.165) is 48.7 Å². The van der Waals surface area contributed by atoms with Crippen LogP contribution in [0.25, 0.3) is 11.4 Å². The Morgan fingerprint density at radius 2 is 2.04 bits per heavy atom. The Kier molecular flexibility index (Phi) is 3.76. The first-order valence-electron chi connectivity index (χ1n) is 8.29. The summed E-state index contributed by atoms with van der Waals surface area (Å²) in [6.07, 6.45) is 6.66. The average molecular weight is 324 g/mol. The number of carbonyl (C=O) groups is 1. The molecule has 2 aliphatic rings. The number of nitrogens with two attached hydrogens (primary N) is 1. The number of amides is 2. The number of nitrogens with zero attached hydrogens (tertiary/aromatic N) is 4. The van der Waals surface area contributed by atoms with Crippen LogP contribution in [0, 0.1) is 5.92 Å². The molecule has 0 atom stereocenters. The van der Waals surface area contributed by atoms with Crippen LogP contribution in [-0.4, -0.2) is 45.5 Å². The number of anilines is 1. The van der Waals surface area contributed by atoms with Crippen molar-refractivity contribution in [2.45, 2.75) is 19.3 Å². The van der Waals surface area contributed by atoms with Gasteiger partial charge in [0.05, 0.1) is 0 Å². The summed E-state index contributed by atoms with van der Waals surface area (Å²) in [6, 6.07) is 3.52. The number of aryl methyl sites for hydroxylation is 1. The van der Waals surface area contributed by atoms with E-state index >= 15 is 0 Å². The summed E-state index contributed by atoms with van der Waals surface area (Å²) >= 11 is 0. The lowest BCUT2D eigenvalue weighted by Gasteiger charge is -2.38. The molecule has 1 fully saturated rings. The van der Waals surface area contributed by atoms with Gasteiger partial charge in [0.2, 0.25) is 0 Å². The highest BCUT2D eigenvalue weighted by Crippen LogP contribution is 2.29. The molecule has 0 unspecified atom stereocenters. The fourth-order valence-electron chi connectivity index (χ4n) is 3.33. The third kappa shape index (κ3) is 2.77. The van der Waals surface area contributed by atoms with Gasteiger partial charge in [-0.3, -0.25) is 4.98 Å². The van der Waals surface area contributed by atoms with E-state index in [1.54, 1.807) is 17.3 Å². The van der Waals surface area contributed by atoms with E-state index in [2.05, 4.69) is 10.3 Å². The van der Waals surface area contributed by atoms with E-state index in [9.17, 15) is 4.79 Å². The normalized spacial score (nSPS) is 16.6. The summed E-state index contributed by atoms with van der Waals surface area (Å²) in [4.78, 5) is 26.2. The molecule has 3 N–H and O–H groups in total. The van der Waals surface area contributed by atoms with Crippen molar-refractivity contribution in [1.29, 1.82) is 0 Å². The quantitative estimate of drug-likeness (QED) is 0.887. The lowest BCUT2D eigenvalue weighted by atomic mass is 10.0. The maximum Gasteiger partial charge on any atom is 0.314 e. The van der Waals surface area contributed by atoms with Crippen molar-refractivity contribution < 1.29 is 4.79 Å². The second-order valence-corrected chi connectivity index (χ2v) is 6.40. The number of hydrogen-bond donors (Lipinski definition) is 2. The van der Waals surface area contributed by atoms with Crippen LogP contribution in [0.4, 0.5) is 10.6 Å². The molecular formula is C17H20N6O. The molecule has 0 radical (unpaired) electrons. The summed E-state index contributed by atoms with van der Waals surface area (Å²) in [7, 11) is 0. The largest absolute Gasteiger partial charge is 0.369 e. The van der Waals surface area contributed by atoms with Gasteiger partial charge in [-0.2, -0.15) is 0 Å². The van der Waals surface area contributed by atoms with Gasteiger partial charge in [-0.15, -0.1) is 0 Å². The molecular weight excluding hydrogens is 304 g/mol. The molecule has 1 aliphatic heterocycles. The highest BCUT2D eigenvalue weighted by atomic mass is 16.2. The summed E-state index contributed by atoms with van der Waals surface area (Å²) in [5.74, 6) is 2.10. The molecule has 0 saturated carbocycles. The van der Waals surface area contributed by atoms with Crippen LogP contribution < -0.4 is 11.1 Å². The number of aromatic nitrogens is 3. The third-order valence-electron chi connectivity index (χ3n) is 4.70. The minimum absolute atomic E-state index is 0.339. The van der Waals surface area contributed by atoms with E-state index in [0.29, 0.717) is 19.0 Å². The molecule has 2 amide bonds. The number of fused-ring (bicyclic) bond motifs is 1. The van der Waals surface area contributed by atoms with Gasteiger partial charge < -0.3 is 16.0 Å². The van der Waals surface area contributed by atoms with Crippen molar-refractivity contribution in [3.05, 3.63) is 35.8 Å². The van der Waals surface area contributed by atoms with Gasteiger partial charge >= 0.3 is 6.03 Å². The Balaban J connectivity index is 1.52. The van der Waals surface area contributed by atoms with Crippen molar-refractivity contribution in [2.75, 3.05) is 25.0 Å². The van der Waals surface area contributed by atoms with E-state index in [1.807, 2.05) is 12.1 Å². The summed E-state index contributed by atoms with van der Waals surface area (Å²) in [5.41, 5.74) is 8.62. The van der Waals surface area contributed by atoms with Gasteiger partial charge in [0.1, 0.15) is 5.82 Å². The number of urea groups is 1. The van der Waals surface area contributed by atoms with E-state index in [1.165, 1.54) is 5.56 Å². The zero-order chi connectivity index (χ0) is 16.5. The fourth-order valence-corrected chi connectivity index (χ4v) is 3.33. The van der Waals surface area contributed by atoms with Gasteiger partial charge in [-0.05, 0) is 31.4 Å². The number of hydrogen-bond acceptors (Lipinski definition) is 5. The van der Waals surface area contributed by atoms with Crippen LogP contribution in [0.2, 0.25) is 0 Å². The van der Waals surface area contributed by atoms with Gasteiger partial charge in [0.25, 0.3) is 0 Å². The monoisotopic (exact) mass is 324 g/mol. The standard InChI is InChI=1S/C17H20N6O/c18-17(24)23-9-11(10-23)8-20-16-13-2-1-3-14(13)21-15(22-16)12-4-6-19-7-5-12/h4-7,11H,1-3,8-10H2,(H2,18,24)(H,20,21,22). The molecule has 124 valence electrons. The molecule has 2 aromatic heterocycles. The average Bonchev–Trinajstić information content (AvgIpc) is 3.02. The summed E-state index contributed by atoms with van der Waals surface area (Å²) in [5, 5.41) is 3.47. The van der Waals surface area contributed by atoms with Gasteiger partial charge in [0.15, 0.2) is 5.82 Å². The highest BCUT2D eigenvalue weighted by Gasteiger charge is 2.29. The van der Waals surface area contributed by atoms with Crippen LogP contribution in [0.3, 0.4) is 0 Å². The van der Waals surface area contributed by atoms with Crippen molar-refractivity contribution in [1.82, 2.24) is 19.9 Å². The molecule has 0 spiro atoms. The number of nitrogens with one attached hydrogen (secondary N) is 1. The van der Waals surface area contributed by atoms with Crippen LogP contribution in [0.1, 0.15) is 17.7 Å². The fraction of sp³-hybridized carbons (Fsp3) is 0.412. The minimum atomic E-state index is -0.339. The number of carbonyl (C=O) groups excluding carboxylic acids is 1. The zero-order valence-corrected chi connectivity index (χ0v) is 13.4. The van der Waals surface area contributed by atoms with Gasteiger partial charge in [0, 0.05) is 54.8 Å². The predicted molar refractivity (Wildman–Crippen MR) is 90.4 cm³/mol. The summed E-state index contributed by atoms with van der Waals surface area (Å²) in [6.45, 7) is 2.22. The first kappa shape index (κ1) is 14.9. The number of primary amides is 1. The zero-order valence-electron chi connectivity index (χ0n) is 13.4. The molecule has 7 nitrogen and oxygen atoms in total. The SMILES string of the molecule is NC(=O)N1CC(CNc2nc(-c3ccncc3)nc3c2CCC3)C1. The molecule has 1 saturated heterocycles. The van der Waals surface area contributed by atoms with Gasteiger partial charge in [-0.1, -0.05) is 0 Å². The second-order valence-electron chi connectivity index (χ2n) is 6.40. The maximum absolute atomic E-state index is 11.1. The summed E-state index contributed by atoms with van der Waals surface area (Å²) < 4.78 is 0. The van der Waals surface area contributed by atoms with E-state index in [4.69, 9.17) is 15.7 Å². The molecule has 1 aliphatic carbocycles. The Bertz CT molecular complexity index is 757. The first-order valence-corrected chi connectivity index (χ1v) is 8.29. The van der Waals surface area contributed by atoms with E-state index < -0.39 is 0 Å². The van der Waals surface area contributed by atoms with Crippen LogP contribution in [0.5, 0.6) is 0 Å². The Hall–Kier alpha value is -2.70. The minimum Gasteiger partial charge on any atom is -0.369 e. The Labute approximate surface area is 140 Å². The molecule has 3 heterocycles. The molecule has 0 bridgehead atoms. The number of rotatable bonds is 4. The van der Waals surface area contributed by atoms with Crippen molar-refractivity contribution in [3.63, 3.8) is 0 Å². The van der Waals surface area contributed by atoms with Gasteiger partial charge in [-0.25, -0.2) is 14.8 Å². The van der Waals surface area contributed by atoms with Crippen LogP contribution >= 0.6 is 0 Å². The Morgan fingerprint density at radius 3 is 2.79 bits per heavy atom. The number of likely N-dealkylation sites (tertiary alicyclic amines) is 1. The second kappa shape index (κ2) is 6.07. The predicted octanol–water partition coefficient (Wildman–Crippen LogP) is 1.45. The maximum atomic E-state index is 11.1. The molecule has 4 rings (SSSR count). The van der Waals surface area contributed by atoms with Crippen LogP contribution in [0.15, 0.2) is 24.5 Å². The third-order valence-corrected chi connectivity index (χ3v) is 4.70. The lowest BCUT2D eigenvalue weighted by Crippen LogP contribution is -2.54.